The van der Waals surface area contributed by atoms with Gasteiger partial charge in [-0.3, -0.25) is 0 Å². The molecule has 6 heteroatoms. The fourth-order valence-corrected chi connectivity index (χ4v) is 1.52. The Balaban J connectivity index is 2.87. The molecule has 1 N–H and O–H groups in total. The standard InChI is InChI=1S/C8H6BrN3O2/c1-14-8-6-4(2-5(9)12-8)7(13)11-3-10-6/h2-3H,1H3,(H,10,11,13). The number of aromatic hydroxyl groups is 1. The molecule has 0 aliphatic rings. The Labute approximate surface area is 87.9 Å². The van der Waals surface area contributed by atoms with Crippen LogP contribution >= 0.6 is 15.9 Å². The van der Waals surface area contributed by atoms with Crippen molar-refractivity contribution in [2.24, 2.45) is 0 Å². The molecule has 2 aromatic rings. The van der Waals surface area contributed by atoms with E-state index in [1.54, 1.807) is 6.07 Å². The largest absolute Gasteiger partial charge is 0.493 e. The average Bonchev–Trinajstić information content (AvgIpc) is 2.18. The summed E-state index contributed by atoms with van der Waals surface area (Å²) in [6.45, 7) is 0. The Morgan fingerprint density at radius 1 is 1.43 bits per heavy atom. The van der Waals surface area contributed by atoms with Gasteiger partial charge in [-0.1, -0.05) is 0 Å². The van der Waals surface area contributed by atoms with Gasteiger partial charge in [0.1, 0.15) is 16.4 Å². The monoisotopic (exact) mass is 255 g/mol. The van der Waals surface area contributed by atoms with Gasteiger partial charge in [-0.2, -0.15) is 0 Å². The summed E-state index contributed by atoms with van der Waals surface area (Å²) in [5.41, 5.74) is 0.489. The Morgan fingerprint density at radius 2 is 2.21 bits per heavy atom. The molecule has 2 heterocycles. The Hall–Kier alpha value is -1.43. The van der Waals surface area contributed by atoms with E-state index in [0.717, 1.165) is 0 Å². The van der Waals surface area contributed by atoms with Gasteiger partial charge in [0.15, 0.2) is 0 Å². The number of halogens is 1. The molecule has 14 heavy (non-hydrogen) atoms. The smallest absolute Gasteiger partial charge is 0.241 e. The zero-order valence-corrected chi connectivity index (χ0v) is 8.82. The second-order valence-corrected chi connectivity index (χ2v) is 3.36. The average molecular weight is 256 g/mol. The Kier molecular flexibility index (Phi) is 2.20. The maximum Gasteiger partial charge on any atom is 0.241 e. The van der Waals surface area contributed by atoms with Crippen LogP contribution < -0.4 is 4.74 Å². The van der Waals surface area contributed by atoms with E-state index in [4.69, 9.17) is 4.74 Å². The lowest BCUT2D eigenvalue weighted by Gasteiger charge is -2.04. The van der Waals surface area contributed by atoms with Crippen molar-refractivity contribution in [1.82, 2.24) is 15.0 Å². The molecule has 0 atom stereocenters. The van der Waals surface area contributed by atoms with Gasteiger partial charge in [0.2, 0.25) is 11.8 Å². The number of aromatic nitrogens is 3. The van der Waals surface area contributed by atoms with Crippen LogP contribution in [-0.4, -0.2) is 27.2 Å². The van der Waals surface area contributed by atoms with E-state index in [2.05, 4.69) is 30.9 Å². The third kappa shape index (κ3) is 1.37. The van der Waals surface area contributed by atoms with E-state index in [1.807, 2.05) is 0 Å². The number of ether oxygens (including phenoxy) is 1. The van der Waals surface area contributed by atoms with Gasteiger partial charge in [-0.25, -0.2) is 15.0 Å². The van der Waals surface area contributed by atoms with Crippen LogP contribution in [-0.2, 0) is 0 Å². The quantitative estimate of drug-likeness (QED) is 0.783. The molecule has 0 fully saturated rings. The van der Waals surface area contributed by atoms with Crippen molar-refractivity contribution in [3.05, 3.63) is 17.0 Å². The summed E-state index contributed by atoms with van der Waals surface area (Å²) in [4.78, 5) is 11.7. The highest BCUT2D eigenvalue weighted by atomic mass is 79.9. The predicted molar refractivity (Wildman–Crippen MR) is 53.2 cm³/mol. The van der Waals surface area contributed by atoms with E-state index in [-0.39, 0.29) is 5.88 Å². The second kappa shape index (κ2) is 3.38. The molecule has 2 aromatic heterocycles. The van der Waals surface area contributed by atoms with Gasteiger partial charge < -0.3 is 9.84 Å². The predicted octanol–water partition coefficient (Wildman–Crippen LogP) is 1.50. The van der Waals surface area contributed by atoms with Gasteiger partial charge >= 0.3 is 0 Å². The molecule has 0 amide bonds. The highest BCUT2D eigenvalue weighted by Gasteiger charge is 2.09. The first-order valence-electron chi connectivity index (χ1n) is 3.76. The van der Waals surface area contributed by atoms with E-state index < -0.39 is 0 Å². The molecule has 0 aliphatic carbocycles. The number of hydrogen-bond acceptors (Lipinski definition) is 5. The minimum Gasteiger partial charge on any atom is -0.493 e. The number of methoxy groups -OCH3 is 1. The van der Waals surface area contributed by atoms with Gasteiger partial charge in [0, 0.05) is 0 Å². The molecule has 2 rings (SSSR count). The van der Waals surface area contributed by atoms with Crippen LogP contribution in [0.5, 0.6) is 11.8 Å². The zero-order chi connectivity index (χ0) is 10.1. The number of hydrogen-bond donors (Lipinski definition) is 1. The van der Waals surface area contributed by atoms with Crippen molar-refractivity contribution in [3.63, 3.8) is 0 Å². The van der Waals surface area contributed by atoms with Gasteiger partial charge in [0.05, 0.1) is 12.5 Å². The van der Waals surface area contributed by atoms with Crippen LogP contribution in [0.3, 0.4) is 0 Å². The van der Waals surface area contributed by atoms with Crippen LogP contribution in [0.15, 0.2) is 17.0 Å². The molecule has 0 radical (unpaired) electrons. The minimum absolute atomic E-state index is 0.0867. The Bertz CT molecular complexity index is 489. The zero-order valence-electron chi connectivity index (χ0n) is 7.23. The molecule has 0 spiro atoms. The topological polar surface area (TPSA) is 68.1 Å². The number of rotatable bonds is 1. The first kappa shape index (κ1) is 9.14. The van der Waals surface area contributed by atoms with Gasteiger partial charge in [0.25, 0.3) is 0 Å². The van der Waals surface area contributed by atoms with Crippen molar-refractivity contribution in [1.29, 1.82) is 0 Å². The Morgan fingerprint density at radius 3 is 2.93 bits per heavy atom. The molecular weight excluding hydrogens is 250 g/mol. The first-order chi connectivity index (χ1) is 6.72. The summed E-state index contributed by atoms with van der Waals surface area (Å²) < 4.78 is 5.58. The molecule has 0 unspecified atom stereocenters. The summed E-state index contributed by atoms with van der Waals surface area (Å²) in [7, 11) is 1.49. The highest BCUT2D eigenvalue weighted by Crippen LogP contribution is 2.28. The van der Waals surface area contributed by atoms with Crippen molar-refractivity contribution >= 4 is 26.8 Å². The molecular formula is C8H6BrN3O2. The molecule has 0 aromatic carbocycles. The lowest BCUT2D eigenvalue weighted by atomic mass is 10.3. The van der Waals surface area contributed by atoms with Crippen LogP contribution in [0.1, 0.15) is 0 Å². The van der Waals surface area contributed by atoms with Gasteiger partial charge in [-0.05, 0) is 22.0 Å². The summed E-state index contributed by atoms with van der Waals surface area (Å²) in [5, 5.41) is 9.97. The molecule has 72 valence electrons. The number of fused-ring (bicyclic) bond motifs is 1. The molecule has 0 saturated carbocycles. The van der Waals surface area contributed by atoms with E-state index >= 15 is 0 Å². The molecule has 0 saturated heterocycles. The maximum atomic E-state index is 9.46. The fourth-order valence-electron chi connectivity index (χ4n) is 1.13. The summed E-state index contributed by atoms with van der Waals surface area (Å²) in [5.74, 6) is 0.267. The van der Waals surface area contributed by atoms with Crippen molar-refractivity contribution in [2.75, 3.05) is 7.11 Å². The van der Waals surface area contributed by atoms with E-state index in [9.17, 15) is 5.11 Å². The van der Waals surface area contributed by atoms with Crippen LogP contribution in [0.4, 0.5) is 0 Å². The third-order valence-corrected chi connectivity index (χ3v) is 2.14. The molecule has 0 bridgehead atoms. The number of nitrogens with zero attached hydrogens (tertiary/aromatic N) is 3. The fraction of sp³-hybridized carbons (Fsp3) is 0.125. The van der Waals surface area contributed by atoms with Crippen LogP contribution in [0.2, 0.25) is 0 Å². The van der Waals surface area contributed by atoms with E-state index in [1.165, 1.54) is 13.4 Å². The number of pyridine rings is 1. The van der Waals surface area contributed by atoms with Crippen LogP contribution in [0, 0.1) is 0 Å². The summed E-state index contributed by atoms with van der Waals surface area (Å²) in [6, 6.07) is 1.63. The normalized spacial score (nSPS) is 10.4. The molecule has 5 nitrogen and oxygen atoms in total. The lowest BCUT2D eigenvalue weighted by Crippen LogP contribution is -1.93. The molecule has 0 aliphatic heterocycles. The van der Waals surface area contributed by atoms with Gasteiger partial charge in [-0.15, -0.1) is 0 Å². The lowest BCUT2D eigenvalue weighted by molar-refractivity contribution is 0.400. The van der Waals surface area contributed by atoms with Crippen molar-refractivity contribution < 1.29 is 9.84 Å². The maximum absolute atomic E-state index is 9.46. The van der Waals surface area contributed by atoms with Crippen molar-refractivity contribution in [2.45, 2.75) is 0 Å². The minimum atomic E-state index is -0.0867. The second-order valence-electron chi connectivity index (χ2n) is 2.55. The first-order valence-corrected chi connectivity index (χ1v) is 4.56. The summed E-state index contributed by atoms with van der Waals surface area (Å²) >= 11 is 3.20. The van der Waals surface area contributed by atoms with E-state index in [0.29, 0.717) is 21.4 Å². The SMILES string of the molecule is COc1nc(Br)cc2c(O)ncnc12. The van der Waals surface area contributed by atoms with Crippen molar-refractivity contribution in [3.8, 4) is 11.8 Å². The highest BCUT2D eigenvalue weighted by molar-refractivity contribution is 9.10. The third-order valence-electron chi connectivity index (χ3n) is 1.73. The summed E-state index contributed by atoms with van der Waals surface area (Å²) in [6.07, 6.45) is 1.26. The van der Waals surface area contributed by atoms with Crippen LogP contribution in [0.25, 0.3) is 10.9 Å².